The molecule has 3 atom stereocenters. The van der Waals surface area contributed by atoms with Crippen molar-refractivity contribution in [3.8, 4) is 0 Å². The van der Waals surface area contributed by atoms with Gasteiger partial charge in [-0.15, -0.1) is 0 Å². The zero-order chi connectivity index (χ0) is 43.1. The van der Waals surface area contributed by atoms with Crippen molar-refractivity contribution in [1.82, 2.24) is 5.32 Å². The second kappa shape index (κ2) is 46.9. The summed E-state index contributed by atoms with van der Waals surface area (Å²) in [6.07, 6.45) is 55.9. The van der Waals surface area contributed by atoms with Crippen LogP contribution in [0.15, 0.2) is 48.6 Å². The summed E-state index contributed by atoms with van der Waals surface area (Å²) in [6.45, 7) is 6.35. The fourth-order valence-corrected chi connectivity index (χ4v) is 7.68. The van der Waals surface area contributed by atoms with Crippen LogP contribution < -0.4 is 5.32 Å². The number of esters is 1. The zero-order valence-corrected chi connectivity index (χ0v) is 39.1. The van der Waals surface area contributed by atoms with Crippen LogP contribution in [-0.2, 0) is 14.3 Å². The van der Waals surface area contributed by atoms with Crippen LogP contribution in [-0.4, -0.2) is 46.9 Å². The first kappa shape index (κ1) is 56.8. The number of aliphatic hydroxyl groups is 2. The van der Waals surface area contributed by atoms with Crippen LogP contribution in [0, 0.1) is 0 Å². The van der Waals surface area contributed by atoms with Crippen molar-refractivity contribution in [3.05, 3.63) is 48.6 Å². The molecule has 0 aromatic heterocycles. The molecule has 0 aromatic rings. The molecule has 344 valence electrons. The van der Waals surface area contributed by atoms with E-state index in [1.807, 2.05) is 18.2 Å². The van der Waals surface area contributed by atoms with Gasteiger partial charge in [-0.1, -0.05) is 243 Å². The Kier molecular flexibility index (Phi) is 45.1. The molecule has 3 N–H and O–H groups in total. The molecule has 0 saturated heterocycles. The van der Waals surface area contributed by atoms with E-state index in [-0.39, 0.29) is 24.9 Å². The fourth-order valence-electron chi connectivity index (χ4n) is 7.68. The van der Waals surface area contributed by atoms with Crippen LogP contribution in [0.4, 0.5) is 0 Å². The lowest BCUT2D eigenvalue weighted by Gasteiger charge is -2.24. The Bertz CT molecular complexity index is 1020. The molecule has 0 radical (unpaired) electrons. The van der Waals surface area contributed by atoms with E-state index in [4.69, 9.17) is 4.74 Å². The molecular formula is C53H97NO5. The van der Waals surface area contributed by atoms with E-state index in [2.05, 4.69) is 56.5 Å². The Morgan fingerprint density at radius 1 is 0.508 bits per heavy atom. The van der Waals surface area contributed by atoms with Crippen LogP contribution in [0.1, 0.15) is 252 Å². The normalized spacial score (nSPS) is 13.6. The first-order chi connectivity index (χ1) is 29.0. The lowest BCUT2D eigenvalue weighted by atomic mass is 10.0. The predicted octanol–water partition coefficient (Wildman–Crippen LogP) is 15.1. The average Bonchev–Trinajstić information content (AvgIpc) is 3.23. The molecule has 0 saturated carbocycles. The van der Waals surface area contributed by atoms with Crippen molar-refractivity contribution in [2.45, 2.75) is 270 Å². The van der Waals surface area contributed by atoms with Gasteiger partial charge in [-0.05, 0) is 44.9 Å². The third kappa shape index (κ3) is 42.3. The minimum Gasteiger partial charge on any atom is -0.462 e. The van der Waals surface area contributed by atoms with Crippen molar-refractivity contribution in [2.24, 2.45) is 0 Å². The van der Waals surface area contributed by atoms with Crippen molar-refractivity contribution in [2.75, 3.05) is 6.61 Å². The number of carbonyl (C=O) groups excluding carboxylic acids is 2. The van der Waals surface area contributed by atoms with Crippen LogP contribution in [0.2, 0.25) is 0 Å². The molecule has 0 aliphatic rings. The van der Waals surface area contributed by atoms with Gasteiger partial charge < -0.3 is 20.3 Å². The predicted molar refractivity (Wildman–Crippen MR) is 255 cm³/mol. The fraction of sp³-hybridized carbons (Fsp3) is 0.811. The number of rotatable bonds is 45. The summed E-state index contributed by atoms with van der Waals surface area (Å²) < 4.78 is 5.92. The van der Waals surface area contributed by atoms with E-state index in [0.717, 1.165) is 77.0 Å². The maximum atomic E-state index is 13.2. The third-order valence-corrected chi connectivity index (χ3v) is 11.5. The van der Waals surface area contributed by atoms with Gasteiger partial charge in [0.15, 0.2) is 0 Å². The van der Waals surface area contributed by atoms with E-state index in [1.165, 1.54) is 128 Å². The number of nitrogens with one attached hydrogen (secondary N) is 1. The van der Waals surface area contributed by atoms with Gasteiger partial charge >= 0.3 is 5.97 Å². The maximum absolute atomic E-state index is 13.2. The molecule has 0 bridgehead atoms. The standard InChI is InChI=1S/C53H97NO5/c1-4-7-10-13-16-19-22-25-26-28-31-34-37-40-43-46-53(58)59-49(44-41-38-35-32-29-24-21-18-15-12-9-6-3)47-52(57)54-50(48-55)51(56)45-42-39-36-33-30-27-23-20-17-14-11-8-5-2/h7,10,13,16,19,22,25-26,49-51,55-56H,4-6,8-9,11-12,14-15,17-18,20-21,23-24,27-48H2,1-3H3,(H,54,57)/b10-7+,16-13+,22-19+,26-25-. The quantitative estimate of drug-likeness (QED) is 0.0323. The number of amides is 1. The topological polar surface area (TPSA) is 95.9 Å². The number of hydrogen-bond acceptors (Lipinski definition) is 5. The van der Waals surface area contributed by atoms with Crippen molar-refractivity contribution in [1.29, 1.82) is 0 Å². The molecule has 0 aromatic carbocycles. The summed E-state index contributed by atoms with van der Waals surface area (Å²) in [5.41, 5.74) is 0. The third-order valence-electron chi connectivity index (χ3n) is 11.5. The summed E-state index contributed by atoms with van der Waals surface area (Å²) in [7, 11) is 0. The summed E-state index contributed by atoms with van der Waals surface area (Å²) >= 11 is 0. The van der Waals surface area contributed by atoms with Gasteiger partial charge in [0.25, 0.3) is 0 Å². The molecule has 6 nitrogen and oxygen atoms in total. The first-order valence-electron chi connectivity index (χ1n) is 25.4. The Morgan fingerprint density at radius 2 is 0.915 bits per heavy atom. The molecule has 0 heterocycles. The van der Waals surface area contributed by atoms with E-state index in [1.54, 1.807) is 0 Å². The number of hydrogen-bond donors (Lipinski definition) is 3. The second-order valence-corrected chi connectivity index (χ2v) is 17.3. The molecule has 0 aliphatic heterocycles. The Morgan fingerprint density at radius 3 is 1.39 bits per heavy atom. The number of aliphatic hydroxyl groups excluding tert-OH is 2. The van der Waals surface area contributed by atoms with Crippen molar-refractivity contribution in [3.63, 3.8) is 0 Å². The first-order valence-corrected chi connectivity index (χ1v) is 25.4. The smallest absolute Gasteiger partial charge is 0.306 e. The largest absolute Gasteiger partial charge is 0.462 e. The van der Waals surface area contributed by atoms with E-state index < -0.39 is 18.2 Å². The highest BCUT2D eigenvalue weighted by Crippen LogP contribution is 2.18. The lowest BCUT2D eigenvalue weighted by Crippen LogP contribution is -2.46. The molecular weight excluding hydrogens is 731 g/mol. The SMILES string of the molecule is CC/C=C/C=C/C=C/C=C\CCCCCCCC(=O)OC(CCCCCCCCCCCCCC)CC(=O)NC(CO)C(O)CCCCCCCCCCCCCCC. The van der Waals surface area contributed by atoms with Crippen molar-refractivity contribution < 1.29 is 24.5 Å². The van der Waals surface area contributed by atoms with Gasteiger partial charge in [-0.2, -0.15) is 0 Å². The minimum absolute atomic E-state index is 0.0701. The lowest BCUT2D eigenvalue weighted by molar-refractivity contribution is -0.151. The van der Waals surface area contributed by atoms with Crippen LogP contribution in [0.3, 0.4) is 0 Å². The highest BCUT2D eigenvalue weighted by molar-refractivity contribution is 5.77. The molecule has 3 unspecified atom stereocenters. The monoisotopic (exact) mass is 828 g/mol. The maximum Gasteiger partial charge on any atom is 0.306 e. The average molecular weight is 828 g/mol. The summed E-state index contributed by atoms with van der Waals surface area (Å²) in [5.74, 6) is -0.493. The highest BCUT2D eigenvalue weighted by Gasteiger charge is 2.24. The van der Waals surface area contributed by atoms with E-state index in [0.29, 0.717) is 19.3 Å². The van der Waals surface area contributed by atoms with Gasteiger partial charge in [0, 0.05) is 6.42 Å². The van der Waals surface area contributed by atoms with Gasteiger partial charge in [0.2, 0.25) is 5.91 Å². The highest BCUT2D eigenvalue weighted by atomic mass is 16.5. The Balaban J connectivity index is 4.58. The van der Waals surface area contributed by atoms with Gasteiger partial charge in [0.1, 0.15) is 6.10 Å². The van der Waals surface area contributed by atoms with E-state index >= 15 is 0 Å². The summed E-state index contributed by atoms with van der Waals surface area (Å²) in [5, 5.41) is 23.8. The van der Waals surface area contributed by atoms with Crippen LogP contribution in [0.5, 0.6) is 0 Å². The second-order valence-electron chi connectivity index (χ2n) is 17.3. The van der Waals surface area contributed by atoms with Gasteiger partial charge in [-0.3, -0.25) is 9.59 Å². The summed E-state index contributed by atoms with van der Waals surface area (Å²) in [4.78, 5) is 26.1. The molecule has 59 heavy (non-hydrogen) atoms. The van der Waals surface area contributed by atoms with Gasteiger partial charge in [0.05, 0.1) is 25.2 Å². The van der Waals surface area contributed by atoms with Gasteiger partial charge in [-0.25, -0.2) is 0 Å². The summed E-state index contributed by atoms with van der Waals surface area (Å²) in [6, 6.07) is -0.704. The Hall–Kier alpha value is -2.18. The number of allylic oxidation sites excluding steroid dienone is 8. The van der Waals surface area contributed by atoms with E-state index in [9.17, 15) is 19.8 Å². The van der Waals surface area contributed by atoms with Crippen LogP contribution >= 0.6 is 0 Å². The molecule has 0 spiro atoms. The number of ether oxygens (including phenoxy) is 1. The Labute approximate surface area is 366 Å². The zero-order valence-electron chi connectivity index (χ0n) is 39.1. The molecule has 6 heteroatoms. The number of carbonyl (C=O) groups is 2. The molecule has 1 amide bonds. The number of unbranched alkanes of at least 4 members (excludes halogenated alkanes) is 28. The molecule has 0 fully saturated rings. The molecule has 0 aliphatic carbocycles. The van der Waals surface area contributed by atoms with Crippen molar-refractivity contribution >= 4 is 11.9 Å². The van der Waals surface area contributed by atoms with Crippen LogP contribution in [0.25, 0.3) is 0 Å². The minimum atomic E-state index is -0.790. The molecule has 0 rings (SSSR count).